The Morgan fingerprint density at radius 2 is 1.89 bits per heavy atom. The van der Waals surface area contributed by atoms with Crippen LogP contribution in [0.4, 0.5) is 11.4 Å². The van der Waals surface area contributed by atoms with Crippen molar-refractivity contribution in [2.75, 3.05) is 5.73 Å². The van der Waals surface area contributed by atoms with Crippen molar-refractivity contribution in [2.24, 2.45) is 0 Å². The van der Waals surface area contributed by atoms with Crippen molar-refractivity contribution in [3.8, 4) is 0 Å². The van der Waals surface area contributed by atoms with Crippen molar-refractivity contribution in [1.82, 2.24) is 0 Å². The molecule has 0 unspecified atom stereocenters. The Bertz CT molecular complexity index is 651. The lowest BCUT2D eigenvalue weighted by molar-refractivity contribution is 0.103. The molecule has 19 heavy (non-hydrogen) atoms. The maximum Gasteiger partial charge on any atom is 0.193 e. The first-order chi connectivity index (χ1) is 9.15. The summed E-state index contributed by atoms with van der Waals surface area (Å²) in [5.74, 6) is -0.148. The number of ketones is 1. The molecule has 2 N–H and O–H groups in total. The lowest BCUT2D eigenvalue weighted by atomic mass is 10.00. The fraction of sp³-hybridized carbons (Fsp3) is 0.125. The van der Waals surface area contributed by atoms with E-state index < -0.39 is 0 Å². The average Bonchev–Trinajstić information content (AvgIpc) is 2.47. The SMILES string of the molecule is [C-]#[N+]c1ccc(N)c(C(=O)c2ccc(CC)cc2)c1. The van der Waals surface area contributed by atoms with Gasteiger partial charge in [-0.15, -0.1) is 0 Å². The fourth-order valence-corrected chi connectivity index (χ4v) is 1.86. The molecule has 0 saturated carbocycles. The molecular weight excluding hydrogens is 236 g/mol. The lowest BCUT2D eigenvalue weighted by Crippen LogP contribution is -2.05. The van der Waals surface area contributed by atoms with Gasteiger partial charge < -0.3 is 5.73 Å². The molecule has 2 aromatic rings. The van der Waals surface area contributed by atoms with Gasteiger partial charge in [-0.1, -0.05) is 37.3 Å². The zero-order valence-electron chi connectivity index (χ0n) is 10.7. The van der Waals surface area contributed by atoms with Crippen molar-refractivity contribution in [3.63, 3.8) is 0 Å². The van der Waals surface area contributed by atoms with E-state index in [1.54, 1.807) is 30.3 Å². The van der Waals surface area contributed by atoms with Gasteiger partial charge in [-0.05, 0) is 24.1 Å². The van der Waals surface area contributed by atoms with Gasteiger partial charge in [0.05, 0.1) is 6.57 Å². The molecule has 0 radical (unpaired) electrons. The van der Waals surface area contributed by atoms with Crippen molar-refractivity contribution in [3.05, 3.63) is 70.6 Å². The number of nitrogen functional groups attached to an aromatic ring is 1. The molecule has 0 spiro atoms. The molecular formula is C16H14N2O. The van der Waals surface area contributed by atoms with Crippen LogP contribution in [0.25, 0.3) is 4.85 Å². The maximum absolute atomic E-state index is 12.4. The molecule has 0 aliphatic rings. The Hall–Kier alpha value is -2.60. The normalized spacial score (nSPS) is 9.89. The molecule has 0 aromatic heterocycles. The third kappa shape index (κ3) is 2.63. The van der Waals surface area contributed by atoms with Gasteiger partial charge in [0.1, 0.15) is 0 Å². The van der Waals surface area contributed by atoms with E-state index in [1.165, 1.54) is 5.56 Å². The van der Waals surface area contributed by atoms with Gasteiger partial charge in [0, 0.05) is 16.8 Å². The number of nitrogens with two attached hydrogens (primary N) is 1. The second-order valence-electron chi connectivity index (χ2n) is 4.26. The van der Waals surface area contributed by atoms with Crippen LogP contribution in [0.15, 0.2) is 42.5 Å². The molecule has 2 rings (SSSR count). The van der Waals surface area contributed by atoms with Crippen LogP contribution in [0.3, 0.4) is 0 Å². The molecule has 0 amide bonds. The molecule has 0 heterocycles. The molecule has 0 aliphatic heterocycles. The number of rotatable bonds is 3. The van der Waals surface area contributed by atoms with Crippen molar-refractivity contribution < 1.29 is 4.79 Å². The molecule has 2 aromatic carbocycles. The summed E-state index contributed by atoms with van der Waals surface area (Å²) in [5.41, 5.74) is 8.79. The second kappa shape index (κ2) is 5.36. The molecule has 3 nitrogen and oxygen atoms in total. The van der Waals surface area contributed by atoms with E-state index in [-0.39, 0.29) is 5.78 Å². The zero-order valence-corrected chi connectivity index (χ0v) is 10.7. The molecule has 0 bridgehead atoms. The van der Waals surface area contributed by atoms with Crippen molar-refractivity contribution in [2.45, 2.75) is 13.3 Å². The topological polar surface area (TPSA) is 47.5 Å². The summed E-state index contributed by atoms with van der Waals surface area (Å²) < 4.78 is 0. The predicted octanol–water partition coefficient (Wildman–Crippen LogP) is 3.61. The number of benzene rings is 2. The fourth-order valence-electron chi connectivity index (χ4n) is 1.86. The van der Waals surface area contributed by atoms with Gasteiger partial charge in [-0.25, -0.2) is 4.85 Å². The smallest absolute Gasteiger partial charge is 0.193 e. The number of aryl methyl sites for hydroxylation is 1. The van der Waals surface area contributed by atoms with Crippen LogP contribution < -0.4 is 5.73 Å². The minimum atomic E-state index is -0.148. The van der Waals surface area contributed by atoms with E-state index in [9.17, 15) is 4.79 Å². The number of hydrogen-bond donors (Lipinski definition) is 1. The third-order valence-electron chi connectivity index (χ3n) is 3.03. The Morgan fingerprint density at radius 1 is 1.21 bits per heavy atom. The summed E-state index contributed by atoms with van der Waals surface area (Å²) in [6.45, 7) is 9.05. The first-order valence-electron chi connectivity index (χ1n) is 6.06. The monoisotopic (exact) mass is 250 g/mol. The van der Waals surface area contributed by atoms with Gasteiger partial charge in [0.15, 0.2) is 11.5 Å². The van der Waals surface area contributed by atoms with Crippen LogP contribution in [0.5, 0.6) is 0 Å². The number of nitrogens with zero attached hydrogens (tertiary/aromatic N) is 1. The third-order valence-corrected chi connectivity index (χ3v) is 3.03. The highest BCUT2D eigenvalue weighted by Gasteiger charge is 2.12. The van der Waals surface area contributed by atoms with Crippen LogP contribution in [-0.2, 0) is 6.42 Å². The lowest BCUT2D eigenvalue weighted by Gasteiger charge is -2.06. The molecule has 94 valence electrons. The first kappa shape index (κ1) is 12.8. The van der Waals surface area contributed by atoms with E-state index in [1.807, 2.05) is 12.1 Å². The molecule has 0 aliphatic carbocycles. The van der Waals surface area contributed by atoms with Crippen molar-refractivity contribution in [1.29, 1.82) is 0 Å². The van der Waals surface area contributed by atoms with Crippen LogP contribution >= 0.6 is 0 Å². The van der Waals surface area contributed by atoms with Gasteiger partial charge in [0.25, 0.3) is 0 Å². The Labute approximate surface area is 112 Å². The standard InChI is InChI=1S/C16H14N2O/c1-3-11-4-6-12(7-5-11)16(19)14-10-13(18-2)8-9-15(14)17/h4-10H,3,17H2,1H3. The van der Waals surface area contributed by atoms with E-state index in [4.69, 9.17) is 12.3 Å². The van der Waals surface area contributed by atoms with E-state index >= 15 is 0 Å². The molecule has 3 heteroatoms. The number of anilines is 1. The zero-order chi connectivity index (χ0) is 13.8. The summed E-state index contributed by atoms with van der Waals surface area (Å²) in [6, 6.07) is 12.2. The summed E-state index contributed by atoms with van der Waals surface area (Å²) in [6.07, 6.45) is 0.934. The van der Waals surface area contributed by atoms with E-state index in [2.05, 4.69) is 11.8 Å². The minimum Gasteiger partial charge on any atom is -0.398 e. The van der Waals surface area contributed by atoms with Gasteiger partial charge in [-0.3, -0.25) is 4.79 Å². The highest BCUT2D eigenvalue weighted by Crippen LogP contribution is 2.23. The average molecular weight is 250 g/mol. The summed E-state index contributed by atoms with van der Waals surface area (Å²) in [4.78, 5) is 15.7. The first-order valence-corrected chi connectivity index (χ1v) is 6.06. The van der Waals surface area contributed by atoms with Crippen LogP contribution in [0, 0.1) is 6.57 Å². The van der Waals surface area contributed by atoms with Crippen LogP contribution in [-0.4, -0.2) is 5.78 Å². The highest BCUT2D eigenvalue weighted by molar-refractivity contribution is 6.12. The summed E-state index contributed by atoms with van der Waals surface area (Å²) >= 11 is 0. The Kier molecular flexibility index (Phi) is 3.63. The van der Waals surface area contributed by atoms with Gasteiger partial charge in [-0.2, -0.15) is 0 Å². The number of carbonyl (C=O) groups is 1. The molecule has 0 atom stereocenters. The largest absolute Gasteiger partial charge is 0.398 e. The quantitative estimate of drug-likeness (QED) is 0.514. The van der Waals surface area contributed by atoms with Crippen molar-refractivity contribution >= 4 is 17.2 Å². The predicted molar refractivity (Wildman–Crippen MR) is 76.4 cm³/mol. The van der Waals surface area contributed by atoms with E-state index in [0.717, 1.165) is 6.42 Å². The van der Waals surface area contributed by atoms with Gasteiger partial charge >= 0.3 is 0 Å². The number of carbonyl (C=O) groups excluding carboxylic acids is 1. The Morgan fingerprint density at radius 3 is 2.47 bits per heavy atom. The Balaban J connectivity index is 2.40. The van der Waals surface area contributed by atoms with Gasteiger partial charge in [0.2, 0.25) is 0 Å². The highest BCUT2D eigenvalue weighted by atomic mass is 16.1. The summed E-state index contributed by atoms with van der Waals surface area (Å²) in [7, 11) is 0. The van der Waals surface area contributed by atoms with Crippen LogP contribution in [0.1, 0.15) is 28.4 Å². The summed E-state index contributed by atoms with van der Waals surface area (Å²) in [5, 5.41) is 0. The van der Waals surface area contributed by atoms with Crippen LogP contribution in [0.2, 0.25) is 0 Å². The molecule has 0 fully saturated rings. The second-order valence-corrected chi connectivity index (χ2v) is 4.26. The minimum absolute atomic E-state index is 0.148. The maximum atomic E-state index is 12.4. The molecule has 0 saturated heterocycles. The van der Waals surface area contributed by atoms with E-state index in [0.29, 0.717) is 22.5 Å². The number of hydrogen-bond acceptors (Lipinski definition) is 2.